The second kappa shape index (κ2) is 20.8. The van der Waals surface area contributed by atoms with E-state index >= 15 is 0 Å². The Balaban J connectivity index is 1.16. The Kier molecular flexibility index (Phi) is 13.9. The number of hydrogen-bond donors (Lipinski definition) is 1. The molecule has 1 N–H and O–H groups in total. The van der Waals surface area contributed by atoms with Crippen molar-refractivity contribution in [1.29, 1.82) is 10.5 Å². The van der Waals surface area contributed by atoms with Gasteiger partial charge >= 0.3 is 5.97 Å². The highest BCUT2D eigenvalue weighted by Gasteiger charge is 2.13. The molecule has 0 aliphatic carbocycles. The zero-order chi connectivity index (χ0) is 43.8. The Bertz CT molecular complexity index is 2880. The summed E-state index contributed by atoms with van der Waals surface area (Å²) in [4.78, 5) is 24.1. The van der Waals surface area contributed by atoms with E-state index in [2.05, 4.69) is 137 Å². The van der Waals surface area contributed by atoms with Crippen LogP contribution in [0, 0.1) is 22.7 Å². The summed E-state index contributed by atoms with van der Waals surface area (Å²) in [6.07, 6.45) is 13.1. The van der Waals surface area contributed by atoms with Crippen LogP contribution in [-0.2, 0) is 14.3 Å². The van der Waals surface area contributed by atoms with Gasteiger partial charge in [-0.3, -0.25) is 4.79 Å². The first kappa shape index (κ1) is 42.1. The molecule has 0 saturated heterocycles. The van der Waals surface area contributed by atoms with Gasteiger partial charge in [-0.1, -0.05) is 170 Å². The molecule has 7 aromatic rings. The first-order valence-electron chi connectivity index (χ1n) is 20.0. The van der Waals surface area contributed by atoms with E-state index < -0.39 is 5.97 Å². The summed E-state index contributed by atoms with van der Waals surface area (Å²) in [6, 6.07) is 64.5. The van der Waals surface area contributed by atoms with Crippen LogP contribution in [0.4, 0.5) is 17.1 Å². The minimum Gasteiger partial charge on any atom is -0.477 e. The summed E-state index contributed by atoms with van der Waals surface area (Å²) in [5.74, 6) is -1.33. The van der Waals surface area contributed by atoms with Crippen molar-refractivity contribution in [2.24, 2.45) is 0 Å². The molecule has 0 radical (unpaired) electrons. The second-order valence-electron chi connectivity index (χ2n) is 14.2. The fraction of sp³-hybridized carbons (Fsp3) is 0. The number of ether oxygens (including phenoxy) is 1. The van der Waals surface area contributed by atoms with Crippen LogP contribution in [0.5, 0.6) is 0 Å². The zero-order valence-corrected chi connectivity index (χ0v) is 34.0. The highest BCUT2D eigenvalue weighted by molar-refractivity contribution is 5.96. The average Bonchev–Trinajstić information content (AvgIpc) is 3.33. The fourth-order valence-electron chi connectivity index (χ4n) is 6.77. The number of allylic oxidation sites excluding steroid dienone is 1. The predicted octanol–water partition coefficient (Wildman–Crippen LogP) is 13.1. The summed E-state index contributed by atoms with van der Waals surface area (Å²) in [6.45, 7) is 0.236. The topological polar surface area (TPSA) is 114 Å². The van der Waals surface area contributed by atoms with E-state index in [0.29, 0.717) is 5.56 Å². The van der Waals surface area contributed by atoms with Crippen LogP contribution < -0.4 is 4.90 Å². The number of nitrogens with zero attached hydrogens (tertiary/aromatic N) is 3. The molecule has 63 heavy (non-hydrogen) atoms. The third-order valence-corrected chi connectivity index (χ3v) is 9.99. The molecule has 0 aliphatic heterocycles. The molecule has 0 aliphatic rings. The number of benzene rings is 7. The van der Waals surface area contributed by atoms with Gasteiger partial charge < -0.3 is 14.7 Å². The standard InChI is InChI=1S/C56H39N3O4/c57-38-50(56(61)62)35-45-19-15-41(16-20-45)11-13-43-23-29-51(30-24-43)59(52-31-25-44(26-32-52)14-12-42-17-21-46(22-18-42)36-54(39-58)63-40-60)53-33-27-47(28-34-53)37-55(48-7-3-1-4-8-48)49-9-5-2-6-10-49/h1-37,40H,(H,61,62)/b13-11+,14-12?,50-35+,54-36?. The number of aliphatic carboxylic acids is 1. The van der Waals surface area contributed by atoms with Gasteiger partial charge in [-0.15, -0.1) is 0 Å². The van der Waals surface area contributed by atoms with E-state index in [1.807, 2.05) is 78.9 Å². The third kappa shape index (κ3) is 11.4. The molecular weight excluding hydrogens is 779 g/mol. The van der Waals surface area contributed by atoms with Crippen molar-refractivity contribution in [3.63, 3.8) is 0 Å². The Morgan fingerprint density at radius 3 is 1.17 bits per heavy atom. The molecular formula is C56H39N3O4. The monoisotopic (exact) mass is 817 g/mol. The van der Waals surface area contributed by atoms with Crippen LogP contribution in [0.2, 0.25) is 0 Å². The largest absolute Gasteiger partial charge is 0.477 e. The Labute approximate surface area is 366 Å². The van der Waals surface area contributed by atoms with E-state index in [1.165, 1.54) is 12.2 Å². The smallest absolute Gasteiger partial charge is 0.346 e. The minimum absolute atomic E-state index is 0.0747. The molecule has 0 heterocycles. The minimum atomic E-state index is -1.25. The molecule has 0 spiro atoms. The van der Waals surface area contributed by atoms with Gasteiger partial charge in [0.1, 0.15) is 17.7 Å². The van der Waals surface area contributed by atoms with Gasteiger partial charge in [0.05, 0.1) is 0 Å². The lowest BCUT2D eigenvalue weighted by molar-refractivity contribution is -0.132. The summed E-state index contributed by atoms with van der Waals surface area (Å²) in [5.41, 5.74) is 12.4. The Morgan fingerprint density at radius 2 is 0.810 bits per heavy atom. The van der Waals surface area contributed by atoms with Gasteiger partial charge in [0.2, 0.25) is 5.76 Å². The molecule has 0 bridgehead atoms. The molecule has 7 rings (SSSR count). The lowest BCUT2D eigenvalue weighted by atomic mass is 9.95. The van der Waals surface area contributed by atoms with Gasteiger partial charge in [0, 0.05) is 17.1 Å². The number of anilines is 3. The van der Waals surface area contributed by atoms with Crippen LogP contribution in [0.1, 0.15) is 50.1 Å². The number of hydrogen-bond acceptors (Lipinski definition) is 6. The molecule has 302 valence electrons. The number of carbonyl (C=O) groups excluding carboxylic acids is 1. The predicted molar refractivity (Wildman–Crippen MR) is 254 cm³/mol. The normalized spacial score (nSPS) is 11.4. The van der Waals surface area contributed by atoms with Crippen molar-refractivity contribution >= 4 is 77.6 Å². The SMILES string of the molecule is N#CC(=Cc1ccc(C=Cc2ccc(N(c3ccc(C=C(c4ccccc4)c4ccccc4)cc3)c3ccc(/C=C/c4ccc(/C=C(\C#N)C(=O)O)cc4)cc3)cc2)cc1)OC=O. The van der Waals surface area contributed by atoms with E-state index in [1.54, 1.807) is 18.2 Å². The lowest BCUT2D eigenvalue weighted by Crippen LogP contribution is -2.09. The zero-order valence-electron chi connectivity index (χ0n) is 34.0. The van der Waals surface area contributed by atoms with E-state index in [4.69, 9.17) is 10.5 Å². The Hall–Kier alpha value is -9.04. The van der Waals surface area contributed by atoms with Crippen molar-refractivity contribution in [2.75, 3.05) is 4.90 Å². The maximum absolute atomic E-state index is 11.2. The summed E-state index contributed by atoms with van der Waals surface area (Å²) >= 11 is 0. The summed E-state index contributed by atoms with van der Waals surface area (Å²) < 4.78 is 4.69. The van der Waals surface area contributed by atoms with Crippen LogP contribution in [0.3, 0.4) is 0 Å². The van der Waals surface area contributed by atoms with Crippen molar-refractivity contribution in [1.82, 2.24) is 0 Å². The quantitative estimate of drug-likeness (QED) is 0.0360. The van der Waals surface area contributed by atoms with Gasteiger partial charge in [0.15, 0.2) is 0 Å². The van der Waals surface area contributed by atoms with Gasteiger partial charge in [-0.25, -0.2) is 4.79 Å². The Morgan fingerprint density at radius 1 is 0.460 bits per heavy atom. The number of carboxylic acids is 1. The number of carbonyl (C=O) groups is 2. The van der Waals surface area contributed by atoms with Crippen molar-refractivity contribution in [3.05, 3.63) is 243 Å². The maximum atomic E-state index is 11.2. The first-order valence-corrected chi connectivity index (χ1v) is 20.0. The molecule has 0 unspecified atom stereocenters. The molecule has 0 saturated carbocycles. The number of rotatable bonds is 15. The second-order valence-corrected chi connectivity index (χ2v) is 14.2. The van der Waals surface area contributed by atoms with E-state index in [0.717, 1.165) is 67.1 Å². The lowest BCUT2D eigenvalue weighted by Gasteiger charge is -2.26. The maximum Gasteiger partial charge on any atom is 0.346 e. The van der Waals surface area contributed by atoms with E-state index in [-0.39, 0.29) is 17.8 Å². The average molecular weight is 818 g/mol. The highest BCUT2D eigenvalue weighted by atomic mass is 16.5. The molecule has 7 nitrogen and oxygen atoms in total. The molecule has 0 fully saturated rings. The fourth-order valence-corrected chi connectivity index (χ4v) is 6.77. The first-order chi connectivity index (χ1) is 30.9. The van der Waals surface area contributed by atoms with Crippen molar-refractivity contribution in [3.8, 4) is 12.1 Å². The van der Waals surface area contributed by atoms with Gasteiger partial charge in [-0.2, -0.15) is 10.5 Å². The number of nitriles is 2. The summed E-state index contributed by atoms with van der Waals surface area (Å²) in [7, 11) is 0. The number of carboxylic acid groups (broad SMARTS) is 1. The van der Waals surface area contributed by atoms with Crippen LogP contribution >= 0.6 is 0 Å². The molecule has 0 atom stereocenters. The van der Waals surface area contributed by atoms with Crippen LogP contribution in [-0.4, -0.2) is 17.5 Å². The molecule has 7 heteroatoms. The van der Waals surface area contributed by atoms with Crippen molar-refractivity contribution < 1.29 is 19.4 Å². The van der Waals surface area contributed by atoms with Gasteiger partial charge in [-0.05, 0) is 110 Å². The molecule has 0 aromatic heterocycles. The van der Waals surface area contributed by atoms with Crippen molar-refractivity contribution in [2.45, 2.75) is 0 Å². The van der Waals surface area contributed by atoms with Crippen LogP contribution in [0.15, 0.2) is 193 Å². The molecule has 7 aromatic carbocycles. The van der Waals surface area contributed by atoms with Gasteiger partial charge in [0.25, 0.3) is 6.47 Å². The third-order valence-electron chi connectivity index (χ3n) is 9.99. The summed E-state index contributed by atoms with van der Waals surface area (Å²) in [5, 5.41) is 27.4. The van der Waals surface area contributed by atoms with E-state index in [9.17, 15) is 14.7 Å². The van der Waals surface area contributed by atoms with Crippen LogP contribution in [0.25, 0.3) is 48.1 Å². The highest BCUT2D eigenvalue weighted by Crippen LogP contribution is 2.36. The molecule has 0 amide bonds.